The Morgan fingerprint density at radius 3 is 2.71 bits per heavy atom. The van der Waals surface area contributed by atoms with Gasteiger partial charge in [-0.15, -0.1) is 11.3 Å². The monoisotopic (exact) mass is 199 g/mol. The number of aromatic amines is 1. The third-order valence-electron chi connectivity index (χ3n) is 2.38. The minimum atomic E-state index is 1.25. The molecular weight excluding hydrogens is 190 g/mol. The van der Waals surface area contributed by atoms with Crippen LogP contribution in [0.3, 0.4) is 0 Å². The van der Waals surface area contributed by atoms with E-state index in [1.165, 1.54) is 21.3 Å². The summed E-state index contributed by atoms with van der Waals surface area (Å²) in [5.41, 5.74) is 2.62. The molecular formula is C12H9NS. The number of benzene rings is 1. The predicted octanol–water partition coefficient (Wildman–Crippen LogP) is 3.90. The molecule has 0 atom stereocenters. The summed E-state index contributed by atoms with van der Waals surface area (Å²) < 4.78 is 0. The summed E-state index contributed by atoms with van der Waals surface area (Å²) in [6.07, 6.45) is 1.99. The maximum Gasteiger partial charge on any atom is 0.100 e. The van der Waals surface area contributed by atoms with Crippen molar-refractivity contribution in [2.75, 3.05) is 0 Å². The van der Waals surface area contributed by atoms with Crippen LogP contribution in [0.25, 0.3) is 21.3 Å². The van der Waals surface area contributed by atoms with Gasteiger partial charge in [-0.05, 0) is 11.6 Å². The van der Waals surface area contributed by atoms with Gasteiger partial charge in [-0.25, -0.2) is 0 Å². The Morgan fingerprint density at radius 1 is 1.00 bits per heavy atom. The molecule has 0 spiro atoms. The van der Waals surface area contributed by atoms with Crippen molar-refractivity contribution < 1.29 is 0 Å². The molecule has 0 aliphatic heterocycles. The lowest BCUT2D eigenvalue weighted by molar-refractivity contribution is 1.51. The third-order valence-corrected chi connectivity index (χ3v) is 3.31. The number of thiophene rings is 1. The van der Waals surface area contributed by atoms with Gasteiger partial charge in [0, 0.05) is 22.5 Å². The predicted molar refractivity (Wildman–Crippen MR) is 61.6 cm³/mol. The highest BCUT2D eigenvalue weighted by molar-refractivity contribution is 7.17. The van der Waals surface area contributed by atoms with Crippen LogP contribution in [0.4, 0.5) is 0 Å². The number of rotatable bonds is 1. The van der Waals surface area contributed by atoms with Crippen LogP contribution in [0.2, 0.25) is 0 Å². The van der Waals surface area contributed by atoms with E-state index in [4.69, 9.17) is 0 Å². The van der Waals surface area contributed by atoms with Gasteiger partial charge in [0.1, 0.15) is 4.83 Å². The number of hydrogen-bond donors (Lipinski definition) is 1. The van der Waals surface area contributed by atoms with Crippen molar-refractivity contribution in [3.8, 4) is 11.1 Å². The normalized spacial score (nSPS) is 10.9. The molecule has 2 heteroatoms. The number of fused-ring (bicyclic) bond motifs is 1. The van der Waals surface area contributed by atoms with Crippen molar-refractivity contribution >= 4 is 21.6 Å². The molecule has 2 heterocycles. The molecule has 0 saturated carbocycles. The van der Waals surface area contributed by atoms with Crippen molar-refractivity contribution in [1.82, 2.24) is 4.98 Å². The molecule has 0 saturated heterocycles. The maximum atomic E-state index is 3.23. The summed E-state index contributed by atoms with van der Waals surface area (Å²) >= 11 is 1.76. The van der Waals surface area contributed by atoms with Crippen LogP contribution in [-0.2, 0) is 0 Å². The van der Waals surface area contributed by atoms with E-state index in [1.807, 2.05) is 12.3 Å². The van der Waals surface area contributed by atoms with E-state index in [-0.39, 0.29) is 0 Å². The molecule has 0 unspecified atom stereocenters. The minimum absolute atomic E-state index is 1.25. The van der Waals surface area contributed by atoms with Gasteiger partial charge < -0.3 is 4.98 Å². The lowest BCUT2D eigenvalue weighted by atomic mass is 10.1. The lowest BCUT2D eigenvalue weighted by Gasteiger charge is -1.96. The van der Waals surface area contributed by atoms with E-state index in [0.717, 1.165) is 0 Å². The first-order valence-electron chi connectivity index (χ1n) is 4.55. The summed E-state index contributed by atoms with van der Waals surface area (Å²) in [7, 11) is 0. The highest BCUT2D eigenvalue weighted by Gasteiger charge is 2.05. The van der Waals surface area contributed by atoms with Crippen LogP contribution < -0.4 is 0 Å². The van der Waals surface area contributed by atoms with E-state index in [2.05, 4.69) is 40.7 Å². The van der Waals surface area contributed by atoms with E-state index in [0.29, 0.717) is 0 Å². The van der Waals surface area contributed by atoms with E-state index in [1.54, 1.807) is 11.3 Å². The Bertz CT molecular complexity index is 548. The van der Waals surface area contributed by atoms with Crippen LogP contribution in [0.1, 0.15) is 0 Å². The molecule has 0 aliphatic rings. The van der Waals surface area contributed by atoms with Crippen molar-refractivity contribution in [3.05, 3.63) is 48.0 Å². The van der Waals surface area contributed by atoms with E-state index in [9.17, 15) is 0 Å². The molecule has 68 valence electrons. The lowest BCUT2D eigenvalue weighted by Crippen LogP contribution is -1.71. The Labute approximate surface area is 86.0 Å². The van der Waals surface area contributed by atoms with E-state index < -0.39 is 0 Å². The third kappa shape index (κ3) is 1.08. The average Bonchev–Trinajstić information content (AvgIpc) is 2.79. The quantitative estimate of drug-likeness (QED) is 0.612. The molecule has 3 aromatic rings. The van der Waals surface area contributed by atoms with Crippen LogP contribution in [-0.4, -0.2) is 4.98 Å². The molecule has 0 bridgehead atoms. The van der Waals surface area contributed by atoms with Crippen molar-refractivity contribution in [3.63, 3.8) is 0 Å². The fraction of sp³-hybridized carbons (Fsp3) is 0. The Hall–Kier alpha value is -1.54. The van der Waals surface area contributed by atoms with Gasteiger partial charge in [0.2, 0.25) is 0 Å². The van der Waals surface area contributed by atoms with Gasteiger partial charge in [0.25, 0.3) is 0 Å². The maximum absolute atomic E-state index is 3.23. The molecule has 0 radical (unpaired) electrons. The van der Waals surface area contributed by atoms with Gasteiger partial charge >= 0.3 is 0 Å². The van der Waals surface area contributed by atoms with Crippen molar-refractivity contribution in [1.29, 1.82) is 0 Å². The highest BCUT2D eigenvalue weighted by Crippen LogP contribution is 2.32. The molecule has 2 aromatic heterocycles. The highest BCUT2D eigenvalue weighted by atomic mass is 32.1. The van der Waals surface area contributed by atoms with Crippen LogP contribution in [0.5, 0.6) is 0 Å². The zero-order valence-corrected chi connectivity index (χ0v) is 8.34. The summed E-state index contributed by atoms with van der Waals surface area (Å²) in [4.78, 5) is 4.48. The number of hydrogen-bond acceptors (Lipinski definition) is 1. The molecule has 1 aromatic carbocycles. The largest absolute Gasteiger partial charge is 0.353 e. The molecule has 0 fully saturated rings. The zero-order chi connectivity index (χ0) is 9.38. The summed E-state index contributed by atoms with van der Waals surface area (Å²) in [6, 6.07) is 12.6. The number of nitrogens with one attached hydrogen (secondary N) is 1. The van der Waals surface area contributed by atoms with Gasteiger partial charge in [-0.3, -0.25) is 0 Å². The first-order chi connectivity index (χ1) is 6.95. The van der Waals surface area contributed by atoms with Crippen LogP contribution >= 0.6 is 11.3 Å². The Balaban J connectivity index is 2.28. The fourth-order valence-electron chi connectivity index (χ4n) is 1.69. The summed E-state index contributed by atoms with van der Waals surface area (Å²) in [5.74, 6) is 0. The first kappa shape index (κ1) is 7.83. The average molecular weight is 199 g/mol. The van der Waals surface area contributed by atoms with Crippen LogP contribution in [0.15, 0.2) is 48.0 Å². The Kier molecular flexibility index (Phi) is 1.67. The molecule has 0 amide bonds. The van der Waals surface area contributed by atoms with E-state index >= 15 is 0 Å². The van der Waals surface area contributed by atoms with Gasteiger partial charge in [0.15, 0.2) is 0 Å². The number of H-pyrrole nitrogens is 1. The topological polar surface area (TPSA) is 15.8 Å². The van der Waals surface area contributed by atoms with Crippen molar-refractivity contribution in [2.45, 2.75) is 0 Å². The number of aromatic nitrogens is 1. The molecule has 1 nitrogen and oxygen atoms in total. The summed E-state index contributed by atoms with van der Waals surface area (Å²) in [6.45, 7) is 0. The van der Waals surface area contributed by atoms with Crippen LogP contribution in [0, 0.1) is 0 Å². The Morgan fingerprint density at radius 2 is 1.86 bits per heavy atom. The minimum Gasteiger partial charge on any atom is -0.353 e. The smallest absolute Gasteiger partial charge is 0.100 e. The first-order valence-corrected chi connectivity index (χ1v) is 5.43. The van der Waals surface area contributed by atoms with Gasteiger partial charge in [-0.2, -0.15) is 0 Å². The zero-order valence-electron chi connectivity index (χ0n) is 7.53. The second-order valence-corrected chi connectivity index (χ2v) is 4.12. The second-order valence-electron chi connectivity index (χ2n) is 3.24. The standard InChI is InChI=1S/C12H9NS/c1-2-4-9(5-3-1)11-8-14-12-10(11)6-7-13-12/h1-8,13H. The molecule has 14 heavy (non-hydrogen) atoms. The second kappa shape index (κ2) is 3.00. The fourth-order valence-corrected chi connectivity index (χ4v) is 2.63. The molecule has 3 rings (SSSR count). The SMILES string of the molecule is c1ccc(-c2csc3[nH]ccc23)cc1. The molecule has 0 aliphatic carbocycles. The van der Waals surface area contributed by atoms with Gasteiger partial charge in [-0.1, -0.05) is 30.3 Å². The van der Waals surface area contributed by atoms with Gasteiger partial charge in [0.05, 0.1) is 0 Å². The van der Waals surface area contributed by atoms with Crippen molar-refractivity contribution in [2.24, 2.45) is 0 Å². The summed E-state index contributed by atoms with van der Waals surface area (Å²) in [5, 5.41) is 3.53. The molecule has 1 N–H and O–H groups in total.